The number of benzene rings is 1. The summed E-state index contributed by atoms with van der Waals surface area (Å²) in [6.45, 7) is 4.11. The summed E-state index contributed by atoms with van der Waals surface area (Å²) in [5.74, 6) is 0.386. The number of nitrogens with two attached hydrogens (primary N) is 1. The summed E-state index contributed by atoms with van der Waals surface area (Å²) in [5, 5.41) is 1.21. The fraction of sp³-hybridized carbons (Fsp3) is 0.409. The van der Waals surface area contributed by atoms with Crippen LogP contribution in [-0.2, 0) is 23.0 Å². The molecule has 2 aliphatic rings. The van der Waals surface area contributed by atoms with Gasteiger partial charge >= 0.3 is 0 Å². The normalized spacial score (nSPS) is 21.1. The molecule has 0 aliphatic carbocycles. The highest BCUT2D eigenvalue weighted by atomic mass is 35.5. The molecule has 0 unspecified atom stereocenters. The summed E-state index contributed by atoms with van der Waals surface area (Å²) in [6.07, 6.45) is 3.61. The predicted molar refractivity (Wildman–Crippen MR) is 125 cm³/mol. The van der Waals surface area contributed by atoms with Crippen LogP contribution in [0.5, 0.6) is 0 Å². The van der Waals surface area contributed by atoms with E-state index >= 15 is 0 Å². The first-order valence-electron chi connectivity index (χ1n) is 10.6. The minimum absolute atomic E-state index is 0.0384. The van der Waals surface area contributed by atoms with Gasteiger partial charge in [-0.25, -0.2) is 4.98 Å². The average Bonchev–Trinajstić information content (AvgIpc) is 3.07. The van der Waals surface area contributed by atoms with E-state index in [1.165, 1.54) is 0 Å². The van der Waals surface area contributed by atoms with Gasteiger partial charge in [-0.15, -0.1) is 0 Å². The molecule has 0 bridgehead atoms. The van der Waals surface area contributed by atoms with Gasteiger partial charge in [0, 0.05) is 30.2 Å². The number of aromatic nitrogens is 3. The summed E-state index contributed by atoms with van der Waals surface area (Å²) < 4.78 is 7.77. The van der Waals surface area contributed by atoms with E-state index in [4.69, 9.17) is 33.7 Å². The van der Waals surface area contributed by atoms with Crippen molar-refractivity contribution < 1.29 is 9.53 Å². The second kappa shape index (κ2) is 8.10. The first kappa shape index (κ1) is 21.3. The molecule has 0 saturated carbocycles. The minimum atomic E-state index is -0.584. The van der Waals surface area contributed by atoms with Crippen LogP contribution in [0.4, 0.5) is 11.6 Å². The lowest BCUT2D eigenvalue weighted by atomic mass is 9.93. The third kappa shape index (κ3) is 3.46. The van der Waals surface area contributed by atoms with Crippen molar-refractivity contribution in [2.45, 2.75) is 25.5 Å². The Kier molecular flexibility index (Phi) is 5.39. The molecule has 2 N–H and O–H groups in total. The summed E-state index contributed by atoms with van der Waals surface area (Å²) in [5.41, 5.74) is 10.6. The van der Waals surface area contributed by atoms with Crippen molar-refractivity contribution >= 4 is 51.8 Å². The molecule has 10 heteroatoms. The van der Waals surface area contributed by atoms with Crippen molar-refractivity contribution in [2.75, 3.05) is 36.9 Å². The van der Waals surface area contributed by atoms with E-state index in [1.807, 2.05) is 29.5 Å². The lowest BCUT2D eigenvalue weighted by Gasteiger charge is -2.40. The number of hydrogen-bond acceptors (Lipinski definition) is 6. The van der Waals surface area contributed by atoms with E-state index < -0.39 is 6.10 Å². The van der Waals surface area contributed by atoms with Crippen molar-refractivity contribution in [2.24, 2.45) is 7.05 Å². The Hall–Kier alpha value is -2.55. The first-order chi connectivity index (χ1) is 15.3. The van der Waals surface area contributed by atoms with Gasteiger partial charge in [0.2, 0.25) is 5.95 Å². The molecule has 8 nitrogen and oxygen atoms in total. The molecular formula is C22H24Cl2N6O2. The molecule has 32 heavy (non-hydrogen) atoms. The number of nitrogens with zero attached hydrogens (tertiary/aromatic N) is 5. The molecule has 4 heterocycles. The molecule has 1 fully saturated rings. The number of anilines is 2. The summed E-state index contributed by atoms with van der Waals surface area (Å²) in [7, 11) is 1.88. The lowest BCUT2D eigenvalue weighted by molar-refractivity contribution is -0.147. The number of rotatable bonds is 2. The van der Waals surface area contributed by atoms with Crippen LogP contribution in [-0.4, -0.2) is 57.7 Å². The van der Waals surface area contributed by atoms with E-state index in [0.717, 1.165) is 27.8 Å². The number of imidazole rings is 1. The van der Waals surface area contributed by atoms with Gasteiger partial charge in [0.1, 0.15) is 5.52 Å². The van der Waals surface area contributed by atoms with Gasteiger partial charge in [-0.1, -0.05) is 23.2 Å². The largest absolute Gasteiger partial charge is 0.369 e. The fourth-order valence-corrected chi connectivity index (χ4v) is 5.50. The molecule has 2 aliphatic heterocycles. The molecule has 0 radical (unpaired) electrons. The van der Waals surface area contributed by atoms with Crippen LogP contribution in [0.2, 0.25) is 10.0 Å². The van der Waals surface area contributed by atoms with Crippen molar-refractivity contribution in [3.8, 4) is 0 Å². The molecule has 2 atom stereocenters. The number of ether oxygens (including phenoxy) is 1. The zero-order valence-corrected chi connectivity index (χ0v) is 19.4. The highest BCUT2D eigenvalue weighted by molar-refractivity contribution is 6.35. The summed E-state index contributed by atoms with van der Waals surface area (Å²) >= 11 is 12.7. The van der Waals surface area contributed by atoms with Crippen molar-refractivity contribution in [3.05, 3.63) is 45.7 Å². The Morgan fingerprint density at radius 1 is 1.25 bits per heavy atom. The van der Waals surface area contributed by atoms with Gasteiger partial charge in [-0.2, -0.15) is 0 Å². The van der Waals surface area contributed by atoms with Crippen molar-refractivity contribution in [3.63, 3.8) is 0 Å². The molecule has 1 aromatic carbocycles. The number of nitrogen functional groups attached to an aromatic ring is 1. The van der Waals surface area contributed by atoms with Gasteiger partial charge in [0.15, 0.2) is 6.10 Å². The topological polar surface area (TPSA) is 89.5 Å². The minimum Gasteiger partial charge on any atom is -0.369 e. The molecule has 0 spiro atoms. The number of aryl methyl sites for hydroxylation is 1. The summed E-state index contributed by atoms with van der Waals surface area (Å²) in [4.78, 5) is 26.2. The van der Waals surface area contributed by atoms with Crippen molar-refractivity contribution in [1.82, 2.24) is 19.4 Å². The Labute approximate surface area is 195 Å². The second-order valence-electron chi connectivity index (χ2n) is 8.28. The Morgan fingerprint density at radius 3 is 2.88 bits per heavy atom. The molecule has 1 saturated heterocycles. The number of halogens is 2. The van der Waals surface area contributed by atoms with E-state index in [0.29, 0.717) is 48.7 Å². The smallest absolute Gasteiger partial charge is 0.254 e. The maximum Gasteiger partial charge on any atom is 0.254 e. The van der Waals surface area contributed by atoms with Gasteiger partial charge in [0.25, 0.3) is 5.91 Å². The predicted octanol–water partition coefficient (Wildman–Crippen LogP) is 3.21. The standard InChI is InChI=1S/C22H24Cl2N6O2/c1-12-19-13(7-14(23)8-15(19)24)3-4-30(12)21(31)18-11-29(5-6-32-18)17-10-26-9-16-20(17)28(2)22(25)27-16/h7-10,12,18H,3-6,11H2,1-2H3,(H2,25,27)/t12-,18+/m0/s1. The highest BCUT2D eigenvalue weighted by Gasteiger charge is 2.36. The van der Waals surface area contributed by atoms with Crippen LogP contribution < -0.4 is 10.6 Å². The number of amides is 1. The first-order valence-corrected chi connectivity index (χ1v) is 11.3. The van der Waals surface area contributed by atoms with Crippen LogP contribution in [0, 0.1) is 0 Å². The Morgan fingerprint density at radius 2 is 2.06 bits per heavy atom. The number of carbonyl (C=O) groups excluding carboxylic acids is 1. The maximum absolute atomic E-state index is 13.5. The van der Waals surface area contributed by atoms with Gasteiger partial charge in [-0.05, 0) is 36.6 Å². The SMILES string of the molecule is C[C@H]1c2c(Cl)cc(Cl)cc2CCN1C(=O)[C@H]1CN(c2cncc3nc(N)n(C)c23)CCO1. The number of fused-ring (bicyclic) bond motifs is 2. The molecule has 1 amide bonds. The zero-order valence-electron chi connectivity index (χ0n) is 17.9. The number of pyridine rings is 1. The van der Waals surface area contributed by atoms with Crippen LogP contribution in [0.15, 0.2) is 24.5 Å². The number of hydrogen-bond donors (Lipinski definition) is 1. The van der Waals surface area contributed by atoms with Crippen LogP contribution in [0.3, 0.4) is 0 Å². The van der Waals surface area contributed by atoms with Gasteiger partial charge < -0.3 is 24.8 Å². The van der Waals surface area contributed by atoms with E-state index in [2.05, 4.69) is 14.9 Å². The number of carbonyl (C=O) groups is 1. The molecular weight excluding hydrogens is 451 g/mol. The molecule has 2 aromatic heterocycles. The number of morpholine rings is 1. The fourth-order valence-electron chi connectivity index (χ4n) is 4.81. The lowest BCUT2D eigenvalue weighted by Crippen LogP contribution is -2.53. The zero-order chi connectivity index (χ0) is 22.6. The van der Waals surface area contributed by atoms with Gasteiger partial charge in [0.05, 0.1) is 42.8 Å². The molecule has 3 aromatic rings. The van der Waals surface area contributed by atoms with Crippen LogP contribution in [0.25, 0.3) is 11.0 Å². The Bertz CT molecular complexity index is 1210. The van der Waals surface area contributed by atoms with E-state index in [9.17, 15) is 4.79 Å². The monoisotopic (exact) mass is 474 g/mol. The Balaban J connectivity index is 1.40. The molecule has 168 valence electrons. The summed E-state index contributed by atoms with van der Waals surface area (Å²) in [6, 6.07) is 3.52. The third-order valence-electron chi connectivity index (χ3n) is 6.45. The quantitative estimate of drug-likeness (QED) is 0.613. The third-order valence-corrected chi connectivity index (χ3v) is 6.98. The maximum atomic E-state index is 13.5. The molecule has 5 rings (SSSR count). The average molecular weight is 475 g/mol. The second-order valence-corrected chi connectivity index (χ2v) is 9.12. The van der Waals surface area contributed by atoms with E-state index in [1.54, 1.807) is 18.5 Å². The van der Waals surface area contributed by atoms with Gasteiger partial charge in [-0.3, -0.25) is 9.78 Å². The van der Waals surface area contributed by atoms with Crippen molar-refractivity contribution in [1.29, 1.82) is 0 Å². The highest BCUT2D eigenvalue weighted by Crippen LogP contribution is 2.37. The van der Waals surface area contributed by atoms with E-state index in [-0.39, 0.29) is 11.9 Å². The van der Waals surface area contributed by atoms with Crippen LogP contribution >= 0.6 is 23.2 Å². The van der Waals surface area contributed by atoms with Crippen LogP contribution in [0.1, 0.15) is 24.1 Å².